The van der Waals surface area contributed by atoms with Crippen LogP contribution < -0.4 is 11.1 Å². The first-order valence-electron chi connectivity index (χ1n) is 7.81. The van der Waals surface area contributed by atoms with Gasteiger partial charge in [-0.3, -0.25) is 24.7 Å². The number of carbonyl (C=O) groups is 3. The van der Waals surface area contributed by atoms with Gasteiger partial charge in [-0.05, 0) is 24.3 Å². The molecule has 0 bridgehead atoms. The van der Waals surface area contributed by atoms with Crippen molar-refractivity contribution in [1.82, 2.24) is 9.80 Å². The molecule has 9 heteroatoms. The van der Waals surface area contributed by atoms with Gasteiger partial charge in [-0.25, -0.2) is 0 Å². The molecule has 0 aromatic heterocycles. The summed E-state index contributed by atoms with van der Waals surface area (Å²) in [7, 11) is 0. The van der Waals surface area contributed by atoms with Crippen molar-refractivity contribution >= 4 is 29.3 Å². The number of carbonyl (C=O) groups excluding carboxylic acids is 2. The molecular weight excluding hydrogens is 326 g/mol. The number of amidine groups is 1. The summed E-state index contributed by atoms with van der Waals surface area (Å²) in [6.07, 6.45) is 0.223. The van der Waals surface area contributed by atoms with Gasteiger partial charge in [0, 0.05) is 37.3 Å². The van der Waals surface area contributed by atoms with E-state index in [4.69, 9.17) is 16.2 Å². The third kappa shape index (κ3) is 5.57. The standard InChI is InChI=1S/C16H21N5O4/c17-16(18)11-1-3-12(4-2-11)19-13(22)5-6-20-7-8-21(10-15(24)25)14(23)9-20/h1-4H,5-10H2,(H3,17,18)(H,19,22)(H,24,25). The summed E-state index contributed by atoms with van der Waals surface area (Å²) in [4.78, 5) is 37.6. The number of piperazine rings is 1. The quantitative estimate of drug-likeness (QED) is 0.388. The van der Waals surface area contributed by atoms with E-state index in [1.807, 2.05) is 4.90 Å². The smallest absolute Gasteiger partial charge is 0.323 e. The maximum Gasteiger partial charge on any atom is 0.323 e. The Balaban J connectivity index is 1.76. The van der Waals surface area contributed by atoms with Crippen molar-refractivity contribution in [3.63, 3.8) is 0 Å². The molecule has 0 unspecified atom stereocenters. The number of carboxylic acids is 1. The van der Waals surface area contributed by atoms with E-state index in [1.54, 1.807) is 24.3 Å². The first-order valence-corrected chi connectivity index (χ1v) is 7.81. The Labute approximate surface area is 144 Å². The zero-order valence-corrected chi connectivity index (χ0v) is 13.7. The molecule has 0 saturated carbocycles. The van der Waals surface area contributed by atoms with E-state index in [0.717, 1.165) is 0 Å². The molecule has 1 aromatic carbocycles. The van der Waals surface area contributed by atoms with E-state index in [1.165, 1.54) is 4.90 Å². The molecule has 0 radical (unpaired) electrons. The normalized spacial score (nSPS) is 15.0. The van der Waals surface area contributed by atoms with Crippen LogP contribution >= 0.6 is 0 Å². The van der Waals surface area contributed by atoms with Gasteiger partial charge in [-0.15, -0.1) is 0 Å². The van der Waals surface area contributed by atoms with Crippen LogP contribution in [0.1, 0.15) is 12.0 Å². The second-order valence-electron chi connectivity index (χ2n) is 5.77. The highest BCUT2D eigenvalue weighted by atomic mass is 16.4. The van der Waals surface area contributed by atoms with Crippen LogP contribution in [0, 0.1) is 5.41 Å². The van der Waals surface area contributed by atoms with Crippen molar-refractivity contribution in [2.75, 3.05) is 38.0 Å². The maximum absolute atomic E-state index is 12.0. The van der Waals surface area contributed by atoms with Gasteiger partial charge >= 0.3 is 5.97 Å². The molecule has 5 N–H and O–H groups in total. The molecule has 1 saturated heterocycles. The molecule has 1 heterocycles. The van der Waals surface area contributed by atoms with Crippen LogP contribution in [-0.4, -0.2) is 71.2 Å². The lowest BCUT2D eigenvalue weighted by Crippen LogP contribution is -2.52. The molecule has 0 atom stereocenters. The topological polar surface area (TPSA) is 140 Å². The van der Waals surface area contributed by atoms with E-state index in [-0.39, 0.29) is 37.2 Å². The Morgan fingerprint density at radius 1 is 1.24 bits per heavy atom. The highest BCUT2D eigenvalue weighted by Gasteiger charge is 2.25. The highest BCUT2D eigenvalue weighted by Crippen LogP contribution is 2.10. The molecule has 1 aromatic rings. The van der Waals surface area contributed by atoms with Crippen molar-refractivity contribution in [1.29, 1.82) is 5.41 Å². The molecular formula is C16H21N5O4. The minimum Gasteiger partial charge on any atom is -0.480 e. The predicted molar refractivity (Wildman–Crippen MR) is 91.4 cm³/mol. The van der Waals surface area contributed by atoms with E-state index in [2.05, 4.69) is 5.32 Å². The average molecular weight is 347 g/mol. The van der Waals surface area contributed by atoms with Crippen LogP contribution in [0.4, 0.5) is 5.69 Å². The highest BCUT2D eigenvalue weighted by molar-refractivity contribution is 5.96. The summed E-state index contributed by atoms with van der Waals surface area (Å²) >= 11 is 0. The van der Waals surface area contributed by atoms with Crippen LogP contribution in [-0.2, 0) is 14.4 Å². The number of nitrogens with one attached hydrogen (secondary N) is 2. The van der Waals surface area contributed by atoms with Crippen LogP contribution in [0.3, 0.4) is 0 Å². The molecule has 25 heavy (non-hydrogen) atoms. The van der Waals surface area contributed by atoms with E-state index >= 15 is 0 Å². The summed E-state index contributed by atoms with van der Waals surface area (Å²) in [5.41, 5.74) is 6.56. The lowest BCUT2D eigenvalue weighted by Gasteiger charge is -2.33. The molecule has 9 nitrogen and oxygen atoms in total. The molecule has 134 valence electrons. The maximum atomic E-state index is 12.0. The number of aliphatic carboxylic acids is 1. The molecule has 2 amide bonds. The third-order valence-electron chi connectivity index (χ3n) is 3.86. The van der Waals surface area contributed by atoms with Gasteiger partial charge in [-0.1, -0.05) is 0 Å². The second kappa shape index (κ2) is 8.25. The average Bonchev–Trinajstić information content (AvgIpc) is 2.55. The number of amides is 2. The van der Waals surface area contributed by atoms with Crippen LogP contribution in [0.5, 0.6) is 0 Å². The first kappa shape index (κ1) is 18.4. The number of hydrogen-bond donors (Lipinski definition) is 4. The summed E-state index contributed by atoms with van der Waals surface area (Å²) in [5, 5.41) is 18.8. The third-order valence-corrected chi connectivity index (χ3v) is 3.86. The van der Waals surface area contributed by atoms with E-state index < -0.39 is 5.97 Å². The fourth-order valence-corrected chi connectivity index (χ4v) is 2.49. The molecule has 1 fully saturated rings. The number of nitrogens with two attached hydrogens (primary N) is 1. The van der Waals surface area contributed by atoms with Crippen molar-refractivity contribution < 1.29 is 19.5 Å². The number of rotatable bonds is 7. The number of nitrogen functional groups attached to an aromatic ring is 1. The van der Waals surface area contributed by atoms with Gasteiger partial charge in [-0.2, -0.15) is 0 Å². The van der Waals surface area contributed by atoms with E-state index in [9.17, 15) is 14.4 Å². The van der Waals surface area contributed by atoms with Crippen molar-refractivity contribution in [2.45, 2.75) is 6.42 Å². The van der Waals surface area contributed by atoms with Crippen LogP contribution in [0.15, 0.2) is 24.3 Å². The largest absolute Gasteiger partial charge is 0.480 e. The van der Waals surface area contributed by atoms with Gasteiger partial charge < -0.3 is 21.1 Å². The lowest BCUT2D eigenvalue weighted by atomic mass is 10.2. The summed E-state index contributed by atoms with van der Waals surface area (Å²) < 4.78 is 0. The molecule has 1 aliphatic rings. The summed E-state index contributed by atoms with van der Waals surface area (Å²) in [6, 6.07) is 6.64. The van der Waals surface area contributed by atoms with Crippen LogP contribution in [0.25, 0.3) is 0 Å². The Bertz CT molecular complexity index is 674. The van der Waals surface area contributed by atoms with E-state index in [0.29, 0.717) is 30.9 Å². The summed E-state index contributed by atoms with van der Waals surface area (Å²) in [6.45, 7) is 1.14. The zero-order chi connectivity index (χ0) is 18.4. The number of nitrogens with zero attached hydrogens (tertiary/aromatic N) is 2. The number of anilines is 1. The minimum absolute atomic E-state index is 0.0374. The number of hydrogen-bond acceptors (Lipinski definition) is 5. The van der Waals surface area contributed by atoms with Gasteiger partial charge in [0.2, 0.25) is 11.8 Å². The number of benzene rings is 1. The van der Waals surface area contributed by atoms with Crippen molar-refractivity contribution in [2.24, 2.45) is 5.73 Å². The fourth-order valence-electron chi connectivity index (χ4n) is 2.49. The van der Waals surface area contributed by atoms with Crippen molar-refractivity contribution in [3.8, 4) is 0 Å². The Hall–Kier alpha value is -2.94. The number of carboxylic acid groups (broad SMARTS) is 1. The zero-order valence-electron chi connectivity index (χ0n) is 13.7. The SMILES string of the molecule is N=C(N)c1ccc(NC(=O)CCN2CCN(CC(=O)O)C(=O)C2)cc1. The van der Waals surface area contributed by atoms with Gasteiger partial charge in [0.1, 0.15) is 12.4 Å². The van der Waals surface area contributed by atoms with Gasteiger partial charge in [0.15, 0.2) is 0 Å². The minimum atomic E-state index is -1.03. The van der Waals surface area contributed by atoms with Crippen LogP contribution in [0.2, 0.25) is 0 Å². The molecule has 0 aliphatic carbocycles. The second-order valence-corrected chi connectivity index (χ2v) is 5.77. The van der Waals surface area contributed by atoms with Gasteiger partial charge in [0.05, 0.1) is 6.54 Å². The molecule has 0 spiro atoms. The monoisotopic (exact) mass is 347 g/mol. The molecule has 2 rings (SSSR count). The predicted octanol–water partition coefficient (Wildman–Crippen LogP) is -0.472. The Morgan fingerprint density at radius 2 is 1.92 bits per heavy atom. The molecule has 1 aliphatic heterocycles. The Morgan fingerprint density at radius 3 is 2.48 bits per heavy atom. The fraction of sp³-hybridized carbons (Fsp3) is 0.375. The van der Waals surface area contributed by atoms with Crippen molar-refractivity contribution in [3.05, 3.63) is 29.8 Å². The van der Waals surface area contributed by atoms with Gasteiger partial charge in [0.25, 0.3) is 0 Å². The first-order chi connectivity index (χ1) is 11.8. The lowest BCUT2D eigenvalue weighted by molar-refractivity contribution is -0.147. The Kier molecular flexibility index (Phi) is 6.07. The summed E-state index contributed by atoms with van der Waals surface area (Å²) in [5.74, 6) is -1.49.